The Balaban J connectivity index is 1.00. The van der Waals surface area contributed by atoms with Crippen LogP contribution in [0.4, 0.5) is 39.8 Å². The first-order valence-corrected chi connectivity index (χ1v) is 18.6. The normalized spacial score (nSPS) is 17.5. The van der Waals surface area contributed by atoms with E-state index in [9.17, 15) is 10.1 Å². The van der Waals surface area contributed by atoms with Crippen molar-refractivity contribution in [3.05, 3.63) is 173 Å². The molecule has 0 saturated carbocycles. The van der Waals surface area contributed by atoms with Gasteiger partial charge in [0.1, 0.15) is 12.3 Å². The van der Waals surface area contributed by atoms with Gasteiger partial charge in [0.2, 0.25) is 17.1 Å². The predicted octanol–water partition coefficient (Wildman–Crippen LogP) is 10.3. The molecule has 0 radical (unpaired) electrons. The summed E-state index contributed by atoms with van der Waals surface area (Å²) in [4.78, 5) is 18.4. The number of aliphatic imine (C=N–C) groups is 1. The van der Waals surface area contributed by atoms with Gasteiger partial charge >= 0.3 is 0 Å². The summed E-state index contributed by atoms with van der Waals surface area (Å²) in [5.41, 5.74) is 14.7. The number of nitro groups is 1. The molecule has 8 rings (SSSR count). The number of nitrogens with zero attached hydrogens (tertiary/aromatic N) is 4. The topological polar surface area (TPSA) is 109 Å². The number of allylic oxidation sites excluding steroid dienone is 4. The highest BCUT2D eigenvalue weighted by atomic mass is 16.6. The van der Waals surface area contributed by atoms with E-state index in [2.05, 4.69) is 95.4 Å². The van der Waals surface area contributed by atoms with Crippen molar-refractivity contribution in [2.45, 2.75) is 37.8 Å². The van der Waals surface area contributed by atoms with Crippen LogP contribution in [0.25, 0.3) is 6.08 Å². The molecule has 3 aliphatic rings. The zero-order valence-electron chi connectivity index (χ0n) is 30.9. The van der Waals surface area contributed by atoms with Crippen LogP contribution in [0.3, 0.4) is 0 Å². The van der Waals surface area contributed by atoms with Gasteiger partial charge in [-0.3, -0.25) is 10.1 Å². The maximum absolute atomic E-state index is 11.5. The molecule has 55 heavy (non-hydrogen) atoms. The van der Waals surface area contributed by atoms with Gasteiger partial charge in [0.25, 0.3) is 5.69 Å². The molecule has 5 aromatic carbocycles. The van der Waals surface area contributed by atoms with Crippen LogP contribution >= 0.6 is 0 Å². The van der Waals surface area contributed by atoms with Crippen LogP contribution in [0.2, 0.25) is 0 Å². The molecular formula is C46H43N6O3+. The van der Waals surface area contributed by atoms with Crippen LogP contribution < -0.4 is 20.7 Å². The number of nitrogens with two attached hydrogens (primary N) is 1. The summed E-state index contributed by atoms with van der Waals surface area (Å²) < 4.78 is 9.24. The second kappa shape index (κ2) is 14.6. The maximum Gasteiger partial charge on any atom is 0.270 e. The molecule has 0 saturated heterocycles. The Morgan fingerprint density at radius 3 is 2.22 bits per heavy atom. The van der Waals surface area contributed by atoms with Crippen molar-refractivity contribution in [2.75, 3.05) is 29.0 Å². The number of ether oxygens (including phenoxy) is 1. The highest BCUT2D eigenvalue weighted by molar-refractivity contribution is 6.17. The summed E-state index contributed by atoms with van der Waals surface area (Å²) in [6, 6.07) is 39.5. The molecule has 1 unspecified atom stereocenters. The van der Waals surface area contributed by atoms with Gasteiger partial charge in [-0.1, -0.05) is 36.4 Å². The number of hydrogen-bond acceptors (Lipinski definition) is 7. The fraction of sp³-hybridized carbons (Fsp3) is 0.174. The van der Waals surface area contributed by atoms with Crippen molar-refractivity contribution < 1.29 is 14.2 Å². The van der Waals surface area contributed by atoms with Gasteiger partial charge in [-0.2, -0.15) is 4.58 Å². The van der Waals surface area contributed by atoms with Crippen molar-refractivity contribution in [1.82, 2.24) is 0 Å². The number of nitrogens with one attached hydrogen (secondary N) is 1. The quantitative estimate of drug-likeness (QED) is 0.0370. The lowest BCUT2D eigenvalue weighted by Crippen LogP contribution is -2.59. The Labute approximate surface area is 321 Å². The first-order chi connectivity index (χ1) is 26.7. The number of benzene rings is 5. The third-order valence-electron chi connectivity index (χ3n) is 10.7. The van der Waals surface area contributed by atoms with E-state index in [1.165, 1.54) is 11.6 Å². The average Bonchev–Trinajstić information content (AvgIpc) is 3.38. The van der Waals surface area contributed by atoms with Crippen molar-refractivity contribution in [2.24, 2.45) is 4.99 Å². The molecule has 1 atom stereocenters. The zero-order valence-corrected chi connectivity index (χ0v) is 30.9. The number of rotatable bonds is 10. The lowest BCUT2D eigenvalue weighted by molar-refractivity contribution is -0.439. The Morgan fingerprint density at radius 2 is 1.47 bits per heavy atom. The molecular weight excluding hydrogens is 685 g/mol. The second-order valence-corrected chi connectivity index (χ2v) is 14.5. The highest BCUT2D eigenvalue weighted by Gasteiger charge is 2.58. The molecule has 3 N–H and O–H groups in total. The van der Waals surface area contributed by atoms with Gasteiger partial charge in [-0.05, 0) is 111 Å². The molecule has 0 bridgehead atoms. The van der Waals surface area contributed by atoms with Gasteiger partial charge in [0.05, 0.1) is 21.7 Å². The molecule has 0 aromatic heterocycles. The molecule has 2 heterocycles. The van der Waals surface area contributed by atoms with E-state index in [0.717, 1.165) is 71.5 Å². The minimum atomic E-state index is -0.797. The molecule has 0 fully saturated rings. The van der Waals surface area contributed by atoms with Crippen LogP contribution in [-0.4, -0.2) is 39.7 Å². The summed E-state index contributed by atoms with van der Waals surface area (Å²) in [7, 11) is 0. The van der Waals surface area contributed by atoms with Crippen LogP contribution in [0.5, 0.6) is 5.75 Å². The van der Waals surface area contributed by atoms with Crippen LogP contribution in [0.15, 0.2) is 157 Å². The molecule has 1 aliphatic carbocycles. The van der Waals surface area contributed by atoms with E-state index < -0.39 is 11.1 Å². The largest absolute Gasteiger partial charge is 0.463 e. The summed E-state index contributed by atoms with van der Waals surface area (Å²) in [6.07, 6.45) is 14.2. The van der Waals surface area contributed by atoms with Crippen LogP contribution in [0.1, 0.15) is 37.8 Å². The molecule has 0 amide bonds. The summed E-state index contributed by atoms with van der Waals surface area (Å²) >= 11 is 0. The Kier molecular flexibility index (Phi) is 9.36. The predicted molar refractivity (Wildman–Crippen MR) is 224 cm³/mol. The molecule has 1 spiro atoms. The van der Waals surface area contributed by atoms with Crippen molar-refractivity contribution in [3.8, 4) is 5.75 Å². The van der Waals surface area contributed by atoms with E-state index >= 15 is 0 Å². The van der Waals surface area contributed by atoms with E-state index in [0.29, 0.717) is 11.3 Å². The van der Waals surface area contributed by atoms with Crippen LogP contribution in [-0.2, 0) is 5.41 Å². The summed E-state index contributed by atoms with van der Waals surface area (Å²) in [5.74, 6) is 0.640. The summed E-state index contributed by atoms with van der Waals surface area (Å²) in [5, 5.41) is 14.9. The van der Waals surface area contributed by atoms with Gasteiger partial charge in [-0.15, -0.1) is 0 Å². The second-order valence-electron chi connectivity index (χ2n) is 14.5. The zero-order chi connectivity index (χ0) is 38.0. The van der Waals surface area contributed by atoms with Crippen LogP contribution in [0, 0.1) is 10.1 Å². The third kappa shape index (κ3) is 6.92. The highest BCUT2D eigenvalue weighted by Crippen LogP contribution is 2.55. The summed E-state index contributed by atoms with van der Waals surface area (Å²) in [6.45, 7) is 5.96. The average molecular weight is 728 g/mol. The first kappa shape index (κ1) is 35.3. The number of unbranched alkanes of at least 4 members (excludes halogenated alkanes) is 1. The minimum absolute atomic E-state index is 0.0469. The molecule has 9 nitrogen and oxygen atoms in total. The van der Waals surface area contributed by atoms with Crippen molar-refractivity contribution >= 4 is 57.3 Å². The lowest BCUT2D eigenvalue weighted by atomic mass is 9.76. The molecule has 274 valence electrons. The number of para-hydroxylation sites is 2. The standard InChI is InChI=1S/C46H42N6O3/c1-45(2)42-12-6-7-13-43(42)51(46(45)29-28-33-32-41(52(53)54)26-27-44(33)55-46)31-9-8-30-50(39-22-14-34(47)15-23-39)40-24-20-38(21-25-40)49-37-18-16-36(17-19-37)48-35-10-4-3-5-11-35/h3-7,10-29,32H,8-9,30-31,47H2,1-2H3/p+1. The number of anilines is 4. The molecule has 9 heteroatoms. The van der Waals surface area contributed by atoms with E-state index in [-0.39, 0.29) is 10.6 Å². The molecule has 2 aliphatic heterocycles. The van der Waals surface area contributed by atoms with E-state index in [1.807, 2.05) is 72.8 Å². The monoisotopic (exact) mass is 727 g/mol. The Hall–Kier alpha value is -6.74. The van der Waals surface area contributed by atoms with E-state index in [4.69, 9.17) is 15.5 Å². The van der Waals surface area contributed by atoms with Gasteiger partial charge in [-0.25, -0.2) is 4.99 Å². The Morgan fingerprint density at radius 1 is 0.782 bits per heavy atom. The first-order valence-electron chi connectivity index (χ1n) is 18.6. The number of non-ortho nitro benzene ring substituents is 1. The van der Waals surface area contributed by atoms with Gasteiger partial charge in [0.15, 0.2) is 0 Å². The fourth-order valence-electron chi connectivity index (χ4n) is 7.76. The fourth-order valence-corrected chi connectivity index (χ4v) is 7.76. The van der Waals surface area contributed by atoms with Crippen molar-refractivity contribution in [1.29, 1.82) is 0 Å². The maximum atomic E-state index is 11.5. The number of nitro benzene ring substituents is 1. The number of fused-ring (bicyclic) bond motifs is 2. The smallest absolute Gasteiger partial charge is 0.270 e. The minimum Gasteiger partial charge on any atom is -0.463 e. The lowest BCUT2D eigenvalue weighted by Gasteiger charge is -2.47. The number of hydrogen-bond donors (Lipinski definition) is 2. The Bertz CT molecular complexity index is 2380. The number of nitrogen functional groups attached to an aromatic ring is 1. The van der Waals surface area contributed by atoms with Gasteiger partial charge in [0, 0.05) is 77.7 Å². The third-order valence-corrected chi connectivity index (χ3v) is 10.7. The van der Waals surface area contributed by atoms with Crippen molar-refractivity contribution in [3.63, 3.8) is 0 Å². The van der Waals surface area contributed by atoms with Gasteiger partial charge < -0.3 is 20.7 Å². The SMILES string of the molecule is CC1(C)c2ccccc2N(CCCC[N+](=C2C=CC(=Nc3ccc(Nc4ccccc4)cc3)C=C2)c2ccc(N)cc2)C12C=Cc1cc([N+](=O)[O-])ccc1O2. The van der Waals surface area contributed by atoms with E-state index in [1.54, 1.807) is 12.1 Å². The molecule has 5 aromatic rings.